The molecule has 0 aromatic carbocycles. The summed E-state index contributed by atoms with van der Waals surface area (Å²) in [4.78, 5) is 13.4. The Kier molecular flexibility index (Phi) is 4.73. The predicted octanol–water partition coefficient (Wildman–Crippen LogP) is 0.0932. The van der Waals surface area contributed by atoms with E-state index in [4.69, 9.17) is 5.73 Å². The Labute approximate surface area is 93.7 Å². The van der Waals surface area contributed by atoms with Gasteiger partial charge in [0, 0.05) is 29.1 Å². The molecule has 0 aromatic heterocycles. The number of hydrogen-bond donors (Lipinski definition) is 1. The van der Waals surface area contributed by atoms with Gasteiger partial charge in [0.25, 0.3) is 0 Å². The third-order valence-corrected chi connectivity index (χ3v) is 4.44. The lowest BCUT2D eigenvalue weighted by Gasteiger charge is -2.17. The van der Waals surface area contributed by atoms with Crippen molar-refractivity contribution in [2.24, 2.45) is 5.73 Å². The van der Waals surface area contributed by atoms with E-state index in [0.717, 1.165) is 12.8 Å². The third-order valence-electron chi connectivity index (χ3n) is 2.78. The van der Waals surface area contributed by atoms with Crippen LogP contribution in [0.1, 0.15) is 26.2 Å². The topological polar surface area (TPSA) is 63.4 Å². The van der Waals surface area contributed by atoms with Crippen LogP contribution >= 0.6 is 0 Å². The molecular weight excluding hydrogens is 212 g/mol. The molecule has 15 heavy (non-hydrogen) atoms. The summed E-state index contributed by atoms with van der Waals surface area (Å²) < 4.78 is 11.7. The largest absolute Gasteiger partial charge is 0.342 e. The molecule has 0 aliphatic heterocycles. The summed E-state index contributed by atoms with van der Waals surface area (Å²) in [5.74, 6) is 0.147. The van der Waals surface area contributed by atoms with E-state index in [-0.39, 0.29) is 16.9 Å². The Bertz CT molecular complexity index is 254. The number of carbonyl (C=O) groups is 1. The minimum Gasteiger partial charge on any atom is -0.342 e. The highest BCUT2D eigenvalue weighted by atomic mass is 32.2. The molecule has 4 nitrogen and oxygen atoms in total. The van der Waals surface area contributed by atoms with Gasteiger partial charge >= 0.3 is 0 Å². The normalized spacial score (nSPS) is 19.7. The number of nitrogens with zero attached hydrogens (tertiary/aromatic N) is 1. The maximum absolute atomic E-state index is 11.7. The molecule has 0 aromatic rings. The van der Waals surface area contributed by atoms with Gasteiger partial charge in [-0.1, -0.05) is 6.92 Å². The maximum Gasteiger partial charge on any atom is 0.235 e. The van der Waals surface area contributed by atoms with Gasteiger partial charge in [0.05, 0.1) is 0 Å². The van der Waals surface area contributed by atoms with E-state index >= 15 is 0 Å². The van der Waals surface area contributed by atoms with E-state index in [9.17, 15) is 9.00 Å². The van der Waals surface area contributed by atoms with Crippen molar-refractivity contribution in [3.05, 3.63) is 0 Å². The van der Waals surface area contributed by atoms with Crippen LogP contribution in [0.5, 0.6) is 0 Å². The first-order valence-corrected chi connectivity index (χ1v) is 6.77. The zero-order valence-electron chi connectivity index (χ0n) is 9.44. The average molecular weight is 232 g/mol. The van der Waals surface area contributed by atoms with Crippen LogP contribution in [-0.2, 0) is 15.6 Å². The highest BCUT2D eigenvalue weighted by Gasteiger charge is 2.30. The SMILES string of the molecule is CC(CCN)S(=O)CC(=O)N(C)C1CC1. The van der Waals surface area contributed by atoms with Crippen molar-refractivity contribution >= 4 is 16.7 Å². The number of hydrogen-bond acceptors (Lipinski definition) is 3. The standard InChI is InChI=1S/C10H20N2O2S/c1-8(5-6-11)15(14)7-10(13)12(2)9-3-4-9/h8-9H,3-7,11H2,1-2H3. The fourth-order valence-corrected chi connectivity index (χ4v) is 2.53. The van der Waals surface area contributed by atoms with E-state index in [2.05, 4.69) is 0 Å². The zero-order valence-corrected chi connectivity index (χ0v) is 10.3. The molecule has 1 fully saturated rings. The van der Waals surface area contributed by atoms with Crippen LogP contribution in [-0.4, -0.2) is 45.7 Å². The third kappa shape index (κ3) is 3.91. The fraction of sp³-hybridized carbons (Fsp3) is 0.900. The van der Waals surface area contributed by atoms with Crippen LogP contribution in [0, 0.1) is 0 Å². The molecule has 0 radical (unpaired) electrons. The molecule has 5 heteroatoms. The van der Waals surface area contributed by atoms with Crippen molar-refractivity contribution in [3.8, 4) is 0 Å². The first kappa shape index (κ1) is 12.6. The van der Waals surface area contributed by atoms with Gasteiger partial charge in [-0.25, -0.2) is 0 Å². The predicted molar refractivity (Wildman–Crippen MR) is 61.9 cm³/mol. The molecule has 1 saturated carbocycles. The molecule has 0 bridgehead atoms. The Hall–Kier alpha value is -0.420. The number of rotatable bonds is 6. The van der Waals surface area contributed by atoms with Crippen molar-refractivity contribution in [3.63, 3.8) is 0 Å². The summed E-state index contributed by atoms with van der Waals surface area (Å²) >= 11 is 0. The first-order chi connectivity index (χ1) is 7.06. The molecule has 1 aliphatic rings. The molecular formula is C10H20N2O2S. The Morgan fingerprint density at radius 2 is 2.20 bits per heavy atom. The van der Waals surface area contributed by atoms with E-state index in [1.807, 2.05) is 6.92 Å². The van der Waals surface area contributed by atoms with E-state index in [0.29, 0.717) is 19.0 Å². The summed E-state index contributed by atoms with van der Waals surface area (Å²) in [6.45, 7) is 2.41. The minimum absolute atomic E-state index is 0.000273. The Morgan fingerprint density at radius 1 is 1.60 bits per heavy atom. The van der Waals surface area contributed by atoms with Crippen molar-refractivity contribution in [2.75, 3.05) is 19.3 Å². The van der Waals surface area contributed by atoms with Crippen LogP contribution in [0.3, 0.4) is 0 Å². The lowest BCUT2D eigenvalue weighted by molar-refractivity contribution is -0.127. The van der Waals surface area contributed by atoms with Crippen molar-refractivity contribution in [1.29, 1.82) is 0 Å². The van der Waals surface area contributed by atoms with Crippen molar-refractivity contribution in [2.45, 2.75) is 37.5 Å². The molecule has 1 amide bonds. The number of amides is 1. The summed E-state index contributed by atoms with van der Waals surface area (Å²) in [7, 11) is 0.721. The van der Waals surface area contributed by atoms with E-state index in [1.165, 1.54) is 0 Å². The van der Waals surface area contributed by atoms with Crippen LogP contribution in [0.4, 0.5) is 0 Å². The lowest BCUT2D eigenvalue weighted by atomic mass is 10.3. The Morgan fingerprint density at radius 3 is 2.67 bits per heavy atom. The smallest absolute Gasteiger partial charge is 0.235 e. The number of nitrogens with two attached hydrogens (primary N) is 1. The Balaban J connectivity index is 2.32. The molecule has 2 unspecified atom stereocenters. The zero-order chi connectivity index (χ0) is 11.4. The highest BCUT2D eigenvalue weighted by Crippen LogP contribution is 2.25. The second-order valence-electron chi connectivity index (χ2n) is 4.15. The van der Waals surface area contributed by atoms with E-state index in [1.54, 1.807) is 11.9 Å². The first-order valence-electron chi connectivity index (χ1n) is 5.39. The van der Waals surface area contributed by atoms with Gasteiger partial charge in [-0.05, 0) is 25.8 Å². The van der Waals surface area contributed by atoms with Gasteiger partial charge in [0.1, 0.15) is 5.75 Å². The van der Waals surface area contributed by atoms with Crippen LogP contribution < -0.4 is 5.73 Å². The molecule has 0 spiro atoms. The quantitative estimate of drug-likeness (QED) is 0.706. The molecule has 88 valence electrons. The fourth-order valence-electron chi connectivity index (χ4n) is 1.40. The molecule has 1 rings (SSSR count). The van der Waals surface area contributed by atoms with Crippen LogP contribution in [0.25, 0.3) is 0 Å². The molecule has 0 heterocycles. The summed E-state index contributed by atoms with van der Waals surface area (Å²) in [5.41, 5.74) is 5.39. The van der Waals surface area contributed by atoms with Gasteiger partial charge in [0.15, 0.2) is 0 Å². The van der Waals surface area contributed by atoms with Gasteiger partial charge in [-0.2, -0.15) is 0 Å². The average Bonchev–Trinajstić information content (AvgIpc) is 3.00. The van der Waals surface area contributed by atoms with Crippen molar-refractivity contribution < 1.29 is 9.00 Å². The van der Waals surface area contributed by atoms with Gasteiger partial charge in [-0.15, -0.1) is 0 Å². The second kappa shape index (κ2) is 5.61. The summed E-state index contributed by atoms with van der Waals surface area (Å²) in [6.07, 6.45) is 2.90. The lowest BCUT2D eigenvalue weighted by Crippen LogP contribution is -2.34. The maximum atomic E-state index is 11.7. The van der Waals surface area contributed by atoms with Crippen molar-refractivity contribution in [1.82, 2.24) is 4.90 Å². The number of carbonyl (C=O) groups excluding carboxylic acids is 1. The van der Waals surface area contributed by atoms with Gasteiger partial charge in [-0.3, -0.25) is 9.00 Å². The minimum atomic E-state index is -1.08. The highest BCUT2D eigenvalue weighted by molar-refractivity contribution is 7.86. The van der Waals surface area contributed by atoms with Gasteiger partial charge in [0.2, 0.25) is 5.91 Å². The molecule has 1 aliphatic carbocycles. The summed E-state index contributed by atoms with van der Waals surface area (Å²) in [6, 6.07) is 0.402. The molecule has 2 atom stereocenters. The molecule has 0 saturated heterocycles. The summed E-state index contributed by atoms with van der Waals surface area (Å²) in [5, 5.41) is 0.0200. The van der Waals surface area contributed by atoms with E-state index < -0.39 is 10.8 Å². The second-order valence-corrected chi connectivity index (χ2v) is 6.00. The van der Waals surface area contributed by atoms with Crippen LogP contribution in [0.15, 0.2) is 0 Å². The molecule has 2 N–H and O–H groups in total. The van der Waals surface area contributed by atoms with Gasteiger partial charge < -0.3 is 10.6 Å². The van der Waals surface area contributed by atoms with Crippen LogP contribution in [0.2, 0.25) is 0 Å². The monoisotopic (exact) mass is 232 g/mol.